The van der Waals surface area contributed by atoms with Crippen LogP contribution in [0.4, 0.5) is 0 Å². The normalized spacial score (nSPS) is 18.0. The van der Waals surface area contributed by atoms with Crippen molar-refractivity contribution >= 4 is 5.91 Å². The molecule has 2 heterocycles. The summed E-state index contributed by atoms with van der Waals surface area (Å²) >= 11 is 0. The molecule has 1 atom stereocenters. The Morgan fingerprint density at radius 3 is 2.62 bits per heavy atom. The first kappa shape index (κ1) is 16.0. The van der Waals surface area contributed by atoms with Crippen LogP contribution in [0.5, 0.6) is 0 Å². The molecular formula is C15H26N4O2. The third-order valence-corrected chi connectivity index (χ3v) is 4.18. The standard InChI is InChI=1S/C15H26N4O2/c1-3-14(12-20)17-6-8-18(9-7-17)15(21)4-5-19-11-13(2)10-16-19/h10-11,14,20H,3-9,12H2,1-2H3. The van der Waals surface area contributed by atoms with Gasteiger partial charge in [0.1, 0.15) is 0 Å². The lowest BCUT2D eigenvalue weighted by atomic mass is 10.1. The molecule has 1 aliphatic heterocycles. The molecular weight excluding hydrogens is 268 g/mol. The Balaban J connectivity index is 1.75. The Morgan fingerprint density at radius 2 is 2.10 bits per heavy atom. The number of aromatic nitrogens is 2. The third-order valence-electron chi connectivity index (χ3n) is 4.18. The third kappa shape index (κ3) is 4.28. The van der Waals surface area contributed by atoms with Gasteiger partial charge in [0.25, 0.3) is 0 Å². The van der Waals surface area contributed by atoms with Crippen LogP contribution in [0.2, 0.25) is 0 Å². The first-order valence-corrected chi connectivity index (χ1v) is 7.75. The number of aliphatic hydroxyl groups excluding tert-OH is 1. The molecule has 21 heavy (non-hydrogen) atoms. The van der Waals surface area contributed by atoms with Crippen molar-refractivity contribution in [3.63, 3.8) is 0 Å². The highest BCUT2D eigenvalue weighted by molar-refractivity contribution is 5.76. The number of amides is 1. The lowest BCUT2D eigenvalue weighted by Crippen LogP contribution is -2.52. The van der Waals surface area contributed by atoms with Gasteiger partial charge in [-0.15, -0.1) is 0 Å². The van der Waals surface area contributed by atoms with Gasteiger partial charge in [-0.1, -0.05) is 6.92 Å². The van der Waals surface area contributed by atoms with Crippen LogP contribution in [-0.4, -0.2) is 69.4 Å². The van der Waals surface area contributed by atoms with Gasteiger partial charge in [0.2, 0.25) is 5.91 Å². The highest BCUT2D eigenvalue weighted by Crippen LogP contribution is 2.10. The molecule has 0 spiro atoms. The van der Waals surface area contributed by atoms with E-state index in [-0.39, 0.29) is 18.6 Å². The summed E-state index contributed by atoms with van der Waals surface area (Å²) in [7, 11) is 0. The molecule has 0 bridgehead atoms. The minimum Gasteiger partial charge on any atom is -0.395 e. The molecule has 1 saturated heterocycles. The highest BCUT2D eigenvalue weighted by Gasteiger charge is 2.24. The SMILES string of the molecule is CCC(CO)N1CCN(C(=O)CCn2cc(C)cn2)CC1. The van der Waals surface area contributed by atoms with E-state index in [1.54, 1.807) is 0 Å². The van der Waals surface area contributed by atoms with Gasteiger partial charge in [-0.3, -0.25) is 14.4 Å². The molecule has 1 amide bonds. The van der Waals surface area contributed by atoms with E-state index in [0.717, 1.165) is 38.2 Å². The summed E-state index contributed by atoms with van der Waals surface area (Å²) in [6.45, 7) is 8.14. The van der Waals surface area contributed by atoms with Crippen molar-refractivity contribution in [1.82, 2.24) is 19.6 Å². The lowest BCUT2D eigenvalue weighted by Gasteiger charge is -2.38. The van der Waals surface area contributed by atoms with E-state index in [9.17, 15) is 9.90 Å². The van der Waals surface area contributed by atoms with Gasteiger partial charge >= 0.3 is 0 Å². The molecule has 1 aliphatic rings. The van der Waals surface area contributed by atoms with Gasteiger partial charge in [-0.2, -0.15) is 5.10 Å². The zero-order chi connectivity index (χ0) is 15.2. The smallest absolute Gasteiger partial charge is 0.224 e. The Bertz CT molecular complexity index is 448. The summed E-state index contributed by atoms with van der Waals surface area (Å²) in [6.07, 6.45) is 5.21. The molecule has 6 heteroatoms. The number of carbonyl (C=O) groups is 1. The van der Waals surface area contributed by atoms with Crippen LogP contribution >= 0.6 is 0 Å². The second kappa shape index (κ2) is 7.56. The summed E-state index contributed by atoms with van der Waals surface area (Å²) in [5, 5.41) is 13.5. The maximum absolute atomic E-state index is 12.2. The maximum Gasteiger partial charge on any atom is 0.224 e. The summed E-state index contributed by atoms with van der Waals surface area (Å²) in [4.78, 5) is 16.4. The van der Waals surface area contributed by atoms with E-state index < -0.39 is 0 Å². The van der Waals surface area contributed by atoms with Crippen molar-refractivity contribution in [2.45, 2.75) is 39.3 Å². The van der Waals surface area contributed by atoms with Crippen LogP contribution in [0.25, 0.3) is 0 Å². The van der Waals surface area contributed by atoms with Crippen LogP contribution in [0.15, 0.2) is 12.4 Å². The Hall–Kier alpha value is -1.40. The fraction of sp³-hybridized carbons (Fsp3) is 0.733. The van der Waals surface area contributed by atoms with Crippen molar-refractivity contribution in [3.8, 4) is 0 Å². The molecule has 2 rings (SSSR count). The number of hydrogen-bond donors (Lipinski definition) is 1. The fourth-order valence-electron chi connectivity index (χ4n) is 2.80. The van der Waals surface area contributed by atoms with Crippen LogP contribution < -0.4 is 0 Å². The summed E-state index contributed by atoms with van der Waals surface area (Å²) in [6, 6.07) is 0.231. The van der Waals surface area contributed by atoms with Gasteiger partial charge in [-0.25, -0.2) is 0 Å². The Kier molecular flexibility index (Phi) is 5.76. The van der Waals surface area contributed by atoms with Gasteiger partial charge < -0.3 is 10.0 Å². The van der Waals surface area contributed by atoms with Crippen molar-refractivity contribution < 1.29 is 9.90 Å². The second-order valence-corrected chi connectivity index (χ2v) is 5.69. The molecule has 0 radical (unpaired) electrons. The van der Waals surface area contributed by atoms with E-state index in [1.807, 2.05) is 28.9 Å². The summed E-state index contributed by atoms with van der Waals surface area (Å²) in [5.41, 5.74) is 1.12. The van der Waals surface area contributed by atoms with Gasteiger partial charge in [0.15, 0.2) is 0 Å². The quantitative estimate of drug-likeness (QED) is 0.830. The molecule has 1 aromatic heterocycles. The largest absolute Gasteiger partial charge is 0.395 e. The molecule has 118 valence electrons. The molecule has 0 aromatic carbocycles. The number of hydrogen-bond acceptors (Lipinski definition) is 4. The molecule has 1 fully saturated rings. The van der Waals surface area contributed by atoms with Gasteiger partial charge in [0.05, 0.1) is 12.8 Å². The summed E-state index contributed by atoms with van der Waals surface area (Å²) in [5.74, 6) is 0.194. The van der Waals surface area contributed by atoms with E-state index in [2.05, 4.69) is 16.9 Å². The van der Waals surface area contributed by atoms with E-state index >= 15 is 0 Å². The summed E-state index contributed by atoms with van der Waals surface area (Å²) < 4.78 is 1.82. The van der Waals surface area contributed by atoms with Gasteiger partial charge in [-0.05, 0) is 18.9 Å². The molecule has 1 unspecified atom stereocenters. The first-order chi connectivity index (χ1) is 10.1. The number of aliphatic hydroxyl groups is 1. The highest BCUT2D eigenvalue weighted by atomic mass is 16.3. The zero-order valence-electron chi connectivity index (χ0n) is 13.0. The van der Waals surface area contributed by atoms with Crippen LogP contribution in [-0.2, 0) is 11.3 Å². The molecule has 6 nitrogen and oxygen atoms in total. The van der Waals surface area contributed by atoms with E-state index in [4.69, 9.17) is 0 Å². The second-order valence-electron chi connectivity index (χ2n) is 5.69. The predicted molar refractivity (Wildman–Crippen MR) is 80.9 cm³/mol. The topological polar surface area (TPSA) is 61.6 Å². The van der Waals surface area contributed by atoms with E-state index in [0.29, 0.717) is 13.0 Å². The number of carbonyl (C=O) groups excluding carboxylic acids is 1. The average Bonchev–Trinajstić information content (AvgIpc) is 2.92. The minimum absolute atomic E-state index is 0.194. The van der Waals surface area contributed by atoms with Crippen molar-refractivity contribution in [1.29, 1.82) is 0 Å². The molecule has 0 saturated carbocycles. The van der Waals surface area contributed by atoms with Crippen LogP contribution in [0, 0.1) is 6.92 Å². The number of rotatable bonds is 6. The fourth-order valence-corrected chi connectivity index (χ4v) is 2.80. The molecule has 1 N–H and O–H groups in total. The number of piperazine rings is 1. The van der Waals surface area contributed by atoms with E-state index in [1.165, 1.54) is 0 Å². The van der Waals surface area contributed by atoms with Gasteiger partial charge in [0, 0.05) is 51.4 Å². The zero-order valence-corrected chi connectivity index (χ0v) is 13.0. The van der Waals surface area contributed by atoms with Crippen LogP contribution in [0.1, 0.15) is 25.3 Å². The lowest BCUT2D eigenvalue weighted by molar-refractivity contribution is -0.133. The monoisotopic (exact) mass is 294 g/mol. The number of nitrogens with zero attached hydrogens (tertiary/aromatic N) is 4. The predicted octanol–water partition coefficient (Wildman–Crippen LogP) is 0.497. The molecule has 0 aliphatic carbocycles. The minimum atomic E-state index is 0.194. The van der Waals surface area contributed by atoms with Crippen molar-refractivity contribution in [2.75, 3.05) is 32.8 Å². The Morgan fingerprint density at radius 1 is 1.38 bits per heavy atom. The average molecular weight is 294 g/mol. The maximum atomic E-state index is 12.2. The van der Waals surface area contributed by atoms with Crippen LogP contribution in [0.3, 0.4) is 0 Å². The number of aryl methyl sites for hydroxylation is 2. The first-order valence-electron chi connectivity index (χ1n) is 7.75. The molecule has 1 aromatic rings. The van der Waals surface area contributed by atoms with Crippen molar-refractivity contribution in [3.05, 3.63) is 18.0 Å². The Labute approximate surface area is 126 Å². The van der Waals surface area contributed by atoms with Crippen molar-refractivity contribution in [2.24, 2.45) is 0 Å².